The second-order valence-corrected chi connectivity index (χ2v) is 19.6. The summed E-state index contributed by atoms with van der Waals surface area (Å²) in [6, 6.07) is -7.02. The molecule has 0 saturated carbocycles. The fraction of sp³-hybridized carbons (Fsp3) is 0.617. The van der Waals surface area contributed by atoms with Crippen LogP contribution in [-0.4, -0.2) is 178 Å². The van der Waals surface area contributed by atoms with Crippen LogP contribution in [0.4, 0.5) is 0 Å². The molecule has 1 unspecified atom stereocenters. The molecule has 2 bridgehead atoms. The molecule has 3 aliphatic heterocycles. The van der Waals surface area contributed by atoms with E-state index in [9.17, 15) is 68.4 Å². The number of phenolic OH excluding ortho intramolecular Hbond substituents is 1. The summed E-state index contributed by atoms with van der Waals surface area (Å²) >= 11 is 1.27. The first-order valence-corrected chi connectivity index (χ1v) is 25.4. The van der Waals surface area contributed by atoms with Gasteiger partial charge in [-0.1, -0.05) is 39.8 Å². The number of nitrogens with zero attached hydrogens (tertiary/aromatic N) is 1. The van der Waals surface area contributed by atoms with Crippen LogP contribution in [0.2, 0.25) is 0 Å². The number of nitrogens with one attached hydrogen (secondary N) is 8. The summed E-state index contributed by atoms with van der Waals surface area (Å²) in [5.41, 5.74) is 11.8. The summed E-state index contributed by atoms with van der Waals surface area (Å²) in [5, 5.41) is 63.5. The van der Waals surface area contributed by atoms with Crippen LogP contribution >= 0.6 is 11.8 Å². The number of carbonyl (C=O) groups is 10. The molecule has 404 valence electrons. The fourth-order valence-corrected chi connectivity index (χ4v) is 9.51. The molecule has 10 amide bonds. The molecule has 16 N–H and O–H groups in total. The Bertz CT molecular complexity index is 2230. The predicted octanol–water partition coefficient (Wildman–Crippen LogP) is -4.63. The van der Waals surface area contributed by atoms with Crippen molar-refractivity contribution in [3.63, 3.8) is 0 Å². The number of unbranched alkanes of at least 4 members (excludes halogenated alkanes) is 1. The minimum atomic E-state index is -1.83. The monoisotopic (exact) mass is 1050 g/mol. The summed E-state index contributed by atoms with van der Waals surface area (Å²) in [7, 11) is 0. The Hall–Kier alpha value is -6.35. The molecule has 1 saturated heterocycles. The molecule has 4 rings (SSSR count). The Morgan fingerprint density at radius 2 is 1.55 bits per heavy atom. The molecule has 0 aromatic heterocycles. The van der Waals surface area contributed by atoms with Gasteiger partial charge in [0, 0.05) is 61.8 Å². The van der Waals surface area contributed by atoms with Gasteiger partial charge in [-0.2, -0.15) is 11.8 Å². The van der Waals surface area contributed by atoms with Gasteiger partial charge < -0.3 is 79.3 Å². The van der Waals surface area contributed by atoms with E-state index < -0.39 is 165 Å². The number of aliphatic hydroxyl groups is 3. The second-order valence-electron chi connectivity index (χ2n) is 18.5. The smallest absolute Gasteiger partial charge is 0.246 e. The van der Waals surface area contributed by atoms with Crippen molar-refractivity contribution in [3.05, 3.63) is 35.4 Å². The summed E-state index contributed by atoms with van der Waals surface area (Å²) in [6.45, 7) is 6.75. The normalized spacial score (nSPS) is 25.3. The zero-order valence-electron chi connectivity index (χ0n) is 41.3. The number of amides is 10. The topological polar surface area (TPSA) is 403 Å². The number of aliphatic hydroxyl groups excluding tert-OH is 3. The first kappa shape index (κ1) is 59.2. The molecule has 1 aromatic carbocycles. The molecule has 3 heterocycles. The van der Waals surface area contributed by atoms with E-state index in [2.05, 4.69) is 49.1 Å². The molecule has 26 heteroatoms. The van der Waals surface area contributed by atoms with E-state index >= 15 is 0 Å². The van der Waals surface area contributed by atoms with Gasteiger partial charge in [-0.05, 0) is 48.1 Å². The van der Waals surface area contributed by atoms with E-state index in [-0.39, 0.29) is 52.6 Å². The van der Waals surface area contributed by atoms with Gasteiger partial charge in [0.05, 0.1) is 38.3 Å². The number of benzene rings is 1. The average Bonchev–Trinajstić information content (AvgIpc) is 3.75. The van der Waals surface area contributed by atoms with Gasteiger partial charge >= 0.3 is 0 Å². The lowest BCUT2D eigenvalue weighted by Crippen LogP contribution is -2.61. The zero-order chi connectivity index (χ0) is 54.1. The highest BCUT2D eigenvalue weighted by molar-refractivity contribution is 7.98. The Morgan fingerprint density at radius 1 is 0.877 bits per heavy atom. The minimum Gasteiger partial charge on any atom is -0.508 e. The molecule has 3 aliphatic rings. The molecule has 1 fully saturated rings. The number of hydrogen-bond donors (Lipinski definition) is 14. The molecule has 0 radical (unpaired) electrons. The Kier molecular flexibility index (Phi) is 22.9. The number of rotatable bonds is 16. The van der Waals surface area contributed by atoms with Crippen molar-refractivity contribution in [1.29, 1.82) is 0 Å². The molecule has 25 nitrogen and oxygen atoms in total. The average molecular weight is 1050 g/mol. The maximum Gasteiger partial charge on any atom is 0.246 e. The standard InChI is InChI=1S/C47H71N11O14S/c1-5-23(2)40-45(70)52-18-38(65)53-31-16-28-27(9-10-34(61)29(28)22-73-13-12-50-37(64)8-6-7-11-48)24(3)14-30(42(67)51-19-39(66)56-40)54-46(71)41(25(4)35(62)21-59)57-44(69)33-15-26(60)20-58(33)47(72)32(17-36(49)63)55-43(31)68/h9-10,23,25-26,30-33,35,40-41,59-62H,3,5-8,11-22,48H2,1-2,4H3,(H2,49,63)(H,50,64)(H,51,67)(H,52,70)(H,53,65)(H,54,71)(H,55,68)(H,56,66)(H,57,69)/t23-,25-,26+,30-,31-,32-,33-,35-,40?,41-/m0/s1. The highest BCUT2D eigenvalue weighted by atomic mass is 32.2. The van der Waals surface area contributed by atoms with Crippen LogP contribution in [0.1, 0.15) is 82.4 Å². The second kappa shape index (κ2) is 28.2. The van der Waals surface area contributed by atoms with Crippen LogP contribution in [0.15, 0.2) is 18.7 Å². The SMILES string of the molecule is C=C1C[C@@H]2NC(=O)[C@H]([C@@H](C)[C@@H](O)CO)NC(=O)[C@@H]3C[C@@H](O)CN3C(=O)[C@H](CC(N)=O)NC(=O)[C@H](Cc3c1ccc(O)c3CSCCNC(=O)CCCCN)NC(=O)CNC(=O)C([C@@H](C)CC)NC(=O)CNC2=O. The number of nitrogens with two attached hydrogens (primary N) is 2. The lowest BCUT2D eigenvalue weighted by atomic mass is 9.88. The number of fused-ring (bicyclic) bond motifs is 4. The van der Waals surface area contributed by atoms with Crippen LogP contribution in [0.5, 0.6) is 5.75 Å². The third kappa shape index (κ3) is 16.8. The third-order valence-corrected chi connectivity index (χ3v) is 14.0. The number of thioether (sulfide) groups is 1. The highest BCUT2D eigenvalue weighted by Crippen LogP contribution is 2.34. The Labute approximate surface area is 426 Å². The van der Waals surface area contributed by atoms with Crippen molar-refractivity contribution in [2.24, 2.45) is 23.3 Å². The van der Waals surface area contributed by atoms with Gasteiger partial charge in [0.15, 0.2) is 0 Å². The van der Waals surface area contributed by atoms with E-state index in [1.807, 2.05) is 0 Å². The van der Waals surface area contributed by atoms with Crippen molar-refractivity contribution in [2.45, 2.75) is 126 Å². The minimum absolute atomic E-state index is 0.0182. The van der Waals surface area contributed by atoms with E-state index in [1.165, 1.54) is 30.8 Å². The van der Waals surface area contributed by atoms with Crippen LogP contribution in [-0.2, 0) is 60.1 Å². The van der Waals surface area contributed by atoms with Gasteiger partial charge in [0.2, 0.25) is 59.1 Å². The molecule has 1 aromatic rings. The summed E-state index contributed by atoms with van der Waals surface area (Å²) in [6.07, 6.45) is -3.29. The summed E-state index contributed by atoms with van der Waals surface area (Å²) in [4.78, 5) is 139. The van der Waals surface area contributed by atoms with Crippen LogP contribution < -0.4 is 54.0 Å². The van der Waals surface area contributed by atoms with Gasteiger partial charge in [-0.25, -0.2) is 0 Å². The highest BCUT2D eigenvalue weighted by Gasteiger charge is 2.45. The first-order valence-electron chi connectivity index (χ1n) is 24.3. The first-order chi connectivity index (χ1) is 34.6. The van der Waals surface area contributed by atoms with Gasteiger partial charge in [0.1, 0.15) is 42.0 Å². The molecular formula is C47H71N11O14S. The third-order valence-electron chi connectivity index (χ3n) is 13.0. The number of aromatic hydroxyl groups is 1. The van der Waals surface area contributed by atoms with Gasteiger partial charge in [-0.15, -0.1) is 0 Å². The molecule has 0 aliphatic carbocycles. The lowest BCUT2D eigenvalue weighted by molar-refractivity contribution is -0.144. The van der Waals surface area contributed by atoms with Crippen LogP contribution in [0.3, 0.4) is 0 Å². The molecular weight excluding hydrogens is 975 g/mol. The van der Waals surface area contributed by atoms with Crippen molar-refractivity contribution in [3.8, 4) is 5.75 Å². The van der Waals surface area contributed by atoms with Crippen molar-refractivity contribution < 1.29 is 68.4 Å². The van der Waals surface area contributed by atoms with Crippen molar-refractivity contribution in [2.75, 3.05) is 45.1 Å². The molecule has 73 heavy (non-hydrogen) atoms. The predicted molar refractivity (Wildman–Crippen MR) is 265 cm³/mol. The molecule has 0 spiro atoms. The van der Waals surface area contributed by atoms with E-state index in [0.717, 1.165) is 4.90 Å². The number of primary amides is 1. The Morgan fingerprint density at radius 3 is 2.21 bits per heavy atom. The van der Waals surface area contributed by atoms with E-state index in [4.69, 9.17) is 11.5 Å². The number of carbonyl (C=O) groups excluding carboxylic acids is 10. The van der Waals surface area contributed by atoms with Crippen molar-refractivity contribution in [1.82, 2.24) is 47.4 Å². The number of hydrogen-bond acceptors (Lipinski definition) is 16. The Balaban J connectivity index is 1.97. The van der Waals surface area contributed by atoms with Crippen LogP contribution in [0.25, 0.3) is 5.57 Å². The van der Waals surface area contributed by atoms with E-state index in [1.54, 1.807) is 13.8 Å². The quantitative estimate of drug-likeness (QED) is 0.0693. The van der Waals surface area contributed by atoms with Crippen molar-refractivity contribution >= 4 is 76.4 Å². The lowest BCUT2D eigenvalue weighted by Gasteiger charge is -2.33. The number of phenols is 1. The largest absolute Gasteiger partial charge is 0.508 e. The summed E-state index contributed by atoms with van der Waals surface area (Å²) < 4.78 is 0. The molecule has 10 atom stereocenters. The maximum absolute atomic E-state index is 14.7. The maximum atomic E-state index is 14.7. The van der Waals surface area contributed by atoms with Crippen LogP contribution in [0, 0.1) is 11.8 Å². The zero-order valence-corrected chi connectivity index (χ0v) is 42.1. The van der Waals surface area contributed by atoms with Gasteiger partial charge in [-0.3, -0.25) is 47.9 Å². The van der Waals surface area contributed by atoms with Gasteiger partial charge in [0.25, 0.3) is 0 Å². The fourth-order valence-electron chi connectivity index (χ4n) is 8.59. The summed E-state index contributed by atoms with van der Waals surface area (Å²) in [5.74, 6) is -10.9. The van der Waals surface area contributed by atoms with E-state index in [0.29, 0.717) is 31.6 Å².